The van der Waals surface area contributed by atoms with E-state index in [0.717, 1.165) is 31.4 Å². The van der Waals surface area contributed by atoms with Gasteiger partial charge in [-0.3, -0.25) is 4.52 Å². The number of rotatable bonds is 24. The lowest BCUT2D eigenvalue weighted by atomic mass is 10.0. The first-order valence-corrected chi connectivity index (χ1v) is 15.5. The Morgan fingerprint density at radius 1 is 0.838 bits per heavy atom. The molecule has 2 N–H and O–H groups in total. The number of nitriles is 1. The van der Waals surface area contributed by atoms with Crippen molar-refractivity contribution in [1.29, 1.82) is 5.26 Å². The van der Waals surface area contributed by atoms with Crippen LogP contribution >= 0.6 is 7.82 Å². The number of halogens is 1. The zero-order valence-corrected chi connectivity index (χ0v) is 23.4. The van der Waals surface area contributed by atoms with Crippen molar-refractivity contribution in [3.8, 4) is 11.8 Å². The first-order valence-electron chi connectivity index (χ1n) is 14.0. The van der Waals surface area contributed by atoms with E-state index in [1.165, 1.54) is 89.5 Å². The quantitative estimate of drug-likeness (QED) is 0.101. The van der Waals surface area contributed by atoms with Crippen LogP contribution in [0.4, 0.5) is 4.39 Å². The molecule has 212 valence electrons. The lowest BCUT2D eigenvalue weighted by molar-refractivity contribution is 0.00938. The van der Waals surface area contributed by atoms with Crippen molar-refractivity contribution in [2.24, 2.45) is 0 Å². The molecule has 1 atom stereocenters. The lowest BCUT2D eigenvalue weighted by Crippen LogP contribution is -2.26. The lowest BCUT2D eigenvalue weighted by Gasteiger charge is -2.19. The van der Waals surface area contributed by atoms with Crippen molar-refractivity contribution in [1.82, 2.24) is 0 Å². The van der Waals surface area contributed by atoms with Crippen LogP contribution in [0.3, 0.4) is 0 Å². The number of nitrogens with zero attached hydrogens (tertiary/aromatic N) is 1. The molecule has 0 fully saturated rings. The fourth-order valence-electron chi connectivity index (χ4n) is 4.17. The Bertz CT molecular complexity index is 797. The Morgan fingerprint density at radius 3 is 1.84 bits per heavy atom. The summed E-state index contributed by atoms with van der Waals surface area (Å²) in [5, 5.41) is 8.92. The number of hydrogen-bond donors (Lipinski definition) is 2. The first-order chi connectivity index (χ1) is 17.8. The molecule has 9 heteroatoms. The second kappa shape index (κ2) is 21.4. The van der Waals surface area contributed by atoms with E-state index >= 15 is 0 Å². The Morgan fingerprint density at radius 2 is 1.35 bits per heavy atom. The first kappa shape index (κ1) is 33.5. The smallest absolute Gasteiger partial charge is 0.470 e. The van der Waals surface area contributed by atoms with E-state index < -0.39 is 19.7 Å². The molecule has 0 bridgehead atoms. The van der Waals surface area contributed by atoms with Gasteiger partial charge in [-0.2, -0.15) is 5.26 Å². The van der Waals surface area contributed by atoms with Gasteiger partial charge in [0, 0.05) is 12.7 Å². The maximum atomic E-state index is 13.5. The van der Waals surface area contributed by atoms with Gasteiger partial charge in [-0.15, -0.1) is 0 Å². The summed E-state index contributed by atoms with van der Waals surface area (Å²) in [6.07, 6.45) is 19.5. The molecule has 0 aliphatic rings. The molecule has 0 unspecified atom stereocenters. The van der Waals surface area contributed by atoms with Gasteiger partial charge in [0.15, 0.2) is 0 Å². The fourth-order valence-corrected chi connectivity index (χ4v) is 4.68. The summed E-state index contributed by atoms with van der Waals surface area (Å²) in [5.74, 6) is -0.560. The molecule has 0 aliphatic heterocycles. The molecule has 7 nitrogen and oxygen atoms in total. The van der Waals surface area contributed by atoms with E-state index in [9.17, 15) is 8.96 Å². The van der Waals surface area contributed by atoms with Crippen LogP contribution in [0.25, 0.3) is 0 Å². The van der Waals surface area contributed by atoms with Crippen LogP contribution in [0.15, 0.2) is 18.2 Å². The second-order valence-electron chi connectivity index (χ2n) is 9.69. The van der Waals surface area contributed by atoms with Crippen LogP contribution in [0.2, 0.25) is 0 Å². The van der Waals surface area contributed by atoms with E-state index in [-0.39, 0.29) is 24.5 Å². The van der Waals surface area contributed by atoms with E-state index in [1.54, 1.807) is 0 Å². The highest BCUT2D eigenvalue weighted by Crippen LogP contribution is 2.37. The monoisotopic (exact) mass is 543 g/mol. The van der Waals surface area contributed by atoms with Gasteiger partial charge in [-0.1, -0.05) is 103 Å². The standard InChI is InChI=1S/C28H47FNO6P/c1-2-3-4-5-6-7-8-9-10-11-12-13-14-15-16-17-18-34-23-28(36-37(31,32)33)24-35-27-20-25(22-30)19-26(29)21-27/h19-21,28H,2-18,23-24H2,1H3,(H2,31,32,33)/t28-/m1/s1. The van der Waals surface area contributed by atoms with Gasteiger partial charge >= 0.3 is 7.82 Å². The van der Waals surface area contributed by atoms with E-state index in [4.69, 9.17) is 29.0 Å². The summed E-state index contributed by atoms with van der Waals surface area (Å²) in [7, 11) is -4.75. The summed E-state index contributed by atoms with van der Waals surface area (Å²) in [4.78, 5) is 18.3. The van der Waals surface area contributed by atoms with Gasteiger partial charge in [-0.25, -0.2) is 8.96 Å². The van der Waals surface area contributed by atoms with Crippen molar-refractivity contribution in [2.75, 3.05) is 19.8 Å². The number of hydrogen-bond acceptors (Lipinski definition) is 5. The number of phosphoric acid groups is 1. The summed E-state index contributed by atoms with van der Waals surface area (Å²) in [6, 6.07) is 5.32. The van der Waals surface area contributed by atoms with Crippen molar-refractivity contribution < 1.29 is 32.7 Å². The number of ether oxygens (including phenoxy) is 2. The van der Waals surface area contributed by atoms with Crippen LogP contribution in [0.5, 0.6) is 5.75 Å². The molecule has 37 heavy (non-hydrogen) atoms. The summed E-state index contributed by atoms with van der Waals surface area (Å²) in [5.41, 5.74) is 0.0854. The fraction of sp³-hybridized carbons (Fsp3) is 0.750. The van der Waals surface area contributed by atoms with Crippen molar-refractivity contribution in [3.05, 3.63) is 29.6 Å². The van der Waals surface area contributed by atoms with Crippen molar-refractivity contribution in [2.45, 2.75) is 116 Å². The Labute approximate surface area is 222 Å². The van der Waals surface area contributed by atoms with Gasteiger partial charge in [0.1, 0.15) is 24.3 Å². The van der Waals surface area contributed by atoms with E-state index in [0.29, 0.717) is 6.61 Å². The minimum atomic E-state index is -4.75. The maximum Gasteiger partial charge on any atom is 0.470 e. The van der Waals surface area contributed by atoms with Crippen LogP contribution < -0.4 is 4.74 Å². The Balaban J connectivity index is 2.06. The average molecular weight is 544 g/mol. The summed E-state index contributed by atoms with van der Waals surface area (Å²) >= 11 is 0. The molecule has 1 rings (SSSR count). The molecule has 0 heterocycles. The molecule has 0 spiro atoms. The predicted octanol–water partition coefficient (Wildman–Crippen LogP) is 7.83. The van der Waals surface area contributed by atoms with E-state index in [1.807, 2.05) is 6.07 Å². The topological polar surface area (TPSA) is 109 Å². The van der Waals surface area contributed by atoms with Crippen molar-refractivity contribution in [3.63, 3.8) is 0 Å². The van der Waals surface area contributed by atoms with Gasteiger partial charge in [-0.05, 0) is 18.6 Å². The third-order valence-corrected chi connectivity index (χ3v) is 6.74. The molecule has 0 aliphatic carbocycles. The number of phosphoric ester groups is 1. The van der Waals surface area contributed by atoms with Gasteiger partial charge in [0.05, 0.1) is 18.2 Å². The average Bonchev–Trinajstić information content (AvgIpc) is 2.85. The van der Waals surface area contributed by atoms with Crippen LogP contribution in [0.1, 0.15) is 115 Å². The summed E-state index contributed by atoms with van der Waals surface area (Å²) < 4.78 is 40.5. The highest BCUT2D eigenvalue weighted by Gasteiger charge is 2.23. The predicted molar refractivity (Wildman–Crippen MR) is 144 cm³/mol. The Kier molecular flexibility index (Phi) is 19.4. The van der Waals surface area contributed by atoms with Gasteiger partial charge in [0.25, 0.3) is 0 Å². The van der Waals surface area contributed by atoms with Crippen LogP contribution in [-0.4, -0.2) is 35.7 Å². The van der Waals surface area contributed by atoms with Crippen molar-refractivity contribution >= 4 is 7.82 Å². The minimum Gasteiger partial charge on any atom is -0.491 e. The van der Waals surface area contributed by atoms with Crippen LogP contribution in [0, 0.1) is 17.1 Å². The molecule has 1 aromatic rings. The Hall–Kier alpha value is -1.49. The second-order valence-corrected chi connectivity index (χ2v) is 10.9. The van der Waals surface area contributed by atoms with Gasteiger partial charge in [0.2, 0.25) is 0 Å². The molecule has 0 radical (unpaired) electrons. The normalized spacial score (nSPS) is 12.4. The molecule has 1 aromatic carbocycles. The highest BCUT2D eigenvalue weighted by atomic mass is 31.2. The third kappa shape index (κ3) is 20.2. The molecule has 0 aromatic heterocycles. The van der Waals surface area contributed by atoms with Crippen LogP contribution in [-0.2, 0) is 13.8 Å². The minimum absolute atomic E-state index is 0.0652. The molecular weight excluding hydrogens is 496 g/mol. The van der Waals surface area contributed by atoms with Gasteiger partial charge < -0.3 is 19.3 Å². The molecular formula is C28H47FNO6P. The maximum absolute atomic E-state index is 13.5. The highest BCUT2D eigenvalue weighted by molar-refractivity contribution is 7.46. The number of unbranched alkanes of at least 4 members (excludes halogenated alkanes) is 15. The zero-order chi connectivity index (χ0) is 27.2. The number of benzene rings is 1. The SMILES string of the molecule is CCCCCCCCCCCCCCCCCCOC[C@H](COc1cc(F)cc(C#N)c1)OP(=O)(O)O. The molecule has 0 saturated carbocycles. The zero-order valence-electron chi connectivity index (χ0n) is 22.5. The largest absolute Gasteiger partial charge is 0.491 e. The van der Waals surface area contributed by atoms with E-state index in [2.05, 4.69) is 6.92 Å². The third-order valence-electron chi connectivity index (χ3n) is 6.17. The summed E-state index contributed by atoms with van der Waals surface area (Å²) in [6.45, 7) is 2.40. The molecule has 0 saturated heterocycles. The molecule has 0 amide bonds.